The zero-order chi connectivity index (χ0) is 13.3. The van der Waals surface area contributed by atoms with E-state index in [2.05, 4.69) is 4.90 Å². The van der Waals surface area contributed by atoms with Crippen molar-refractivity contribution in [3.05, 3.63) is 35.1 Å². The quantitative estimate of drug-likeness (QED) is 0.869. The third-order valence-electron chi connectivity index (χ3n) is 3.50. The molecule has 1 aliphatic rings. The van der Waals surface area contributed by atoms with E-state index in [9.17, 15) is 13.2 Å². The van der Waals surface area contributed by atoms with E-state index in [4.69, 9.17) is 5.73 Å². The van der Waals surface area contributed by atoms with E-state index in [0.29, 0.717) is 18.0 Å². The van der Waals surface area contributed by atoms with Crippen molar-refractivity contribution in [1.29, 1.82) is 0 Å². The molecule has 2 unspecified atom stereocenters. The summed E-state index contributed by atoms with van der Waals surface area (Å²) in [5, 5.41) is 0. The van der Waals surface area contributed by atoms with Crippen molar-refractivity contribution in [2.75, 3.05) is 13.1 Å². The van der Waals surface area contributed by atoms with E-state index in [1.165, 1.54) is 0 Å². The SMILES string of the molecule is CC(N)C1CCN(Cc2cc(F)c(F)c(F)c2)C1.Cl. The molecule has 0 saturated carbocycles. The molecular weight excluding hydrogens is 277 g/mol. The Hall–Kier alpha value is -0.780. The molecule has 2 N–H and O–H groups in total. The minimum Gasteiger partial charge on any atom is -0.328 e. The molecule has 6 heteroatoms. The van der Waals surface area contributed by atoms with Gasteiger partial charge in [-0.1, -0.05) is 0 Å². The number of nitrogens with two attached hydrogens (primary N) is 1. The van der Waals surface area contributed by atoms with E-state index in [0.717, 1.165) is 31.6 Å². The molecule has 1 aromatic carbocycles. The van der Waals surface area contributed by atoms with Gasteiger partial charge in [0.15, 0.2) is 17.5 Å². The molecule has 2 atom stereocenters. The average molecular weight is 295 g/mol. The summed E-state index contributed by atoms with van der Waals surface area (Å²) in [5.41, 5.74) is 6.28. The van der Waals surface area contributed by atoms with Crippen LogP contribution >= 0.6 is 12.4 Å². The van der Waals surface area contributed by atoms with Crippen LogP contribution in [0.5, 0.6) is 0 Å². The van der Waals surface area contributed by atoms with Crippen molar-refractivity contribution in [2.45, 2.75) is 25.9 Å². The monoisotopic (exact) mass is 294 g/mol. The van der Waals surface area contributed by atoms with E-state index in [1.54, 1.807) is 0 Å². The fraction of sp³-hybridized carbons (Fsp3) is 0.538. The Kier molecular flexibility index (Phi) is 5.64. The summed E-state index contributed by atoms with van der Waals surface area (Å²) in [6.07, 6.45) is 0.990. The minimum absolute atomic E-state index is 0. The summed E-state index contributed by atoms with van der Waals surface area (Å²) in [6, 6.07) is 2.23. The molecule has 1 aromatic rings. The van der Waals surface area contributed by atoms with Crippen molar-refractivity contribution in [2.24, 2.45) is 11.7 Å². The highest BCUT2D eigenvalue weighted by Gasteiger charge is 2.25. The third-order valence-corrected chi connectivity index (χ3v) is 3.50. The molecule has 19 heavy (non-hydrogen) atoms. The van der Waals surface area contributed by atoms with Crippen molar-refractivity contribution in [3.63, 3.8) is 0 Å². The van der Waals surface area contributed by atoms with Gasteiger partial charge in [-0.15, -0.1) is 12.4 Å². The van der Waals surface area contributed by atoms with Gasteiger partial charge in [0, 0.05) is 19.1 Å². The summed E-state index contributed by atoms with van der Waals surface area (Å²) in [6.45, 7) is 4.06. The summed E-state index contributed by atoms with van der Waals surface area (Å²) in [7, 11) is 0. The number of benzene rings is 1. The molecule has 1 saturated heterocycles. The molecule has 1 fully saturated rings. The second-order valence-corrected chi connectivity index (χ2v) is 5.02. The zero-order valence-electron chi connectivity index (χ0n) is 10.7. The molecule has 1 aliphatic heterocycles. The fourth-order valence-corrected chi connectivity index (χ4v) is 2.39. The number of likely N-dealkylation sites (tertiary alicyclic amines) is 1. The highest BCUT2D eigenvalue weighted by molar-refractivity contribution is 5.85. The van der Waals surface area contributed by atoms with Crippen LogP contribution in [0.15, 0.2) is 12.1 Å². The fourth-order valence-electron chi connectivity index (χ4n) is 2.39. The molecule has 0 bridgehead atoms. The largest absolute Gasteiger partial charge is 0.328 e. The topological polar surface area (TPSA) is 29.3 Å². The highest BCUT2D eigenvalue weighted by Crippen LogP contribution is 2.22. The van der Waals surface area contributed by atoms with Gasteiger partial charge >= 0.3 is 0 Å². The zero-order valence-corrected chi connectivity index (χ0v) is 11.5. The lowest BCUT2D eigenvalue weighted by molar-refractivity contribution is 0.306. The first-order chi connectivity index (χ1) is 8.47. The van der Waals surface area contributed by atoms with Crippen molar-refractivity contribution < 1.29 is 13.2 Å². The smallest absolute Gasteiger partial charge is 0.194 e. The lowest BCUT2D eigenvalue weighted by Crippen LogP contribution is -2.29. The van der Waals surface area contributed by atoms with Crippen LogP contribution in [-0.2, 0) is 6.54 Å². The van der Waals surface area contributed by atoms with Gasteiger partial charge in [0.1, 0.15) is 0 Å². The Morgan fingerprint density at radius 2 is 1.89 bits per heavy atom. The molecule has 0 radical (unpaired) electrons. The highest BCUT2D eigenvalue weighted by atomic mass is 35.5. The van der Waals surface area contributed by atoms with E-state index < -0.39 is 17.5 Å². The van der Waals surface area contributed by atoms with Gasteiger partial charge in [-0.3, -0.25) is 4.90 Å². The normalized spacial score (nSPS) is 21.2. The maximum Gasteiger partial charge on any atom is 0.194 e. The lowest BCUT2D eigenvalue weighted by Gasteiger charge is -2.18. The third kappa shape index (κ3) is 3.84. The number of rotatable bonds is 3. The van der Waals surface area contributed by atoms with E-state index in [-0.39, 0.29) is 18.4 Å². The van der Waals surface area contributed by atoms with Gasteiger partial charge in [0.05, 0.1) is 0 Å². The molecule has 0 amide bonds. The van der Waals surface area contributed by atoms with E-state index >= 15 is 0 Å². The summed E-state index contributed by atoms with van der Waals surface area (Å²) < 4.78 is 38.9. The van der Waals surface area contributed by atoms with Crippen LogP contribution in [0.1, 0.15) is 18.9 Å². The molecular formula is C13H18ClF3N2. The van der Waals surface area contributed by atoms with Gasteiger partial charge in [0.25, 0.3) is 0 Å². The molecule has 2 rings (SSSR count). The van der Waals surface area contributed by atoms with Crippen LogP contribution in [0.2, 0.25) is 0 Å². The first-order valence-corrected chi connectivity index (χ1v) is 6.08. The summed E-state index contributed by atoms with van der Waals surface area (Å²) >= 11 is 0. The van der Waals surface area contributed by atoms with Crippen LogP contribution < -0.4 is 5.73 Å². The van der Waals surface area contributed by atoms with Crippen molar-refractivity contribution in [1.82, 2.24) is 4.90 Å². The standard InChI is InChI=1S/C13H17F3N2.ClH/c1-8(17)10-2-3-18(7-10)6-9-4-11(14)13(16)12(15)5-9;/h4-5,8,10H,2-3,6-7,17H2,1H3;1H. The van der Waals surface area contributed by atoms with Gasteiger partial charge in [-0.2, -0.15) is 0 Å². The number of halogens is 4. The summed E-state index contributed by atoms with van der Waals surface area (Å²) in [4.78, 5) is 2.08. The van der Waals surface area contributed by atoms with Crippen LogP contribution in [0, 0.1) is 23.4 Å². The van der Waals surface area contributed by atoms with Gasteiger partial charge in [-0.05, 0) is 43.5 Å². The first kappa shape index (κ1) is 16.3. The molecule has 108 valence electrons. The Morgan fingerprint density at radius 3 is 2.37 bits per heavy atom. The molecule has 0 aromatic heterocycles. The predicted molar refractivity (Wildman–Crippen MR) is 70.6 cm³/mol. The summed E-state index contributed by atoms with van der Waals surface area (Å²) in [5.74, 6) is -3.25. The Labute approximate surface area is 117 Å². The maximum absolute atomic E-state index is 13.1. The molecule has 0 spiro atoms. The number of nitrogens with zero attached hydrogens (tertiary/aromatic N) is 1. The lowest BCUT2D eigenvalue weighted by atomic mass is 10.0. The van der Waals surface area contributed by atoms with Crippen molar-refractivity contribution in [3.8, 4) is 0 Å². The van der Waals surface area contributed by atoms with Crippen LogP contribution in [-0.4, -0.2) is 24.0 Å². The Balaban J connectivity index is 0.00000180. The second kappa shape index (κ2) is 6.59. The van der Waals surface area contributed by atoms with Crippen molar-refractivity contribution >= 4 is 12.4 Å². The van der Waals surface area contributed by atoms with Gasteiger partial charge in [0.2, 0.25) is 0 Å². The van der Waals surface area contributed by atoms with Crippen LogP contribution in [0.3, 0.4) is 0 Å². The average Bonchev–Trinajstić information content (AvgIpc) is 2.74. The van der Waals surface area contributed by atoms with Crippen LogP contribution in [0.4, 0.5) is 13.2 Å². The maximum atomic E-state index is 13.1. The number of hydrogen-bond acceptors (Lipinski definition) is 2. The van der Waals surface area contributed by atoms with Gasteiger partial charge < -0.3 is 5.73 Å². The Bertz CT molecular complexity index is 417. The molecule has 2 nitrogen and oxygen atoms in total. The Morgan fingerprint density at radius 1 is 1.32 bits per heavy atom. The van der Waals surface area contributed by atoms with Gasteiger partial charge in [-0.25, -0.2) is 13.2 Å². The minimum atomic E-state index is -1.41. The predicted octanol–water partition coefficient (Wildman–Crippen LogP) is 2.69. The second-order valence-electron chi connectivity index (χ2n) is 5.02. The molecule has 0 aliphatic carbocycles. The number of hydrogen-bond donors (Lipinski definition) is 1. The van der Waals surface area contributed by atoms with E-state index in [1.807, 2.05) is 6.92 Å². The van der Waals surface area contributed by atoms with Crippen LogP contribution in [0.25, 0.3) is 0 Å². The first-order valence-electron chi connectivity index (χ1n) is 6.08. The molecule has 1 heterocycles.